The molecule has 3 aromatic carbocycles. The molecule has 1 aromatic heterocycles. The highest BCUT2D eigenvalue weighted by Crippen LogP contribution is 2.25. The van der Waals surface area contributed by atoms with Crippen molar-refractivity contribution in [1.29, 1.82) is 0 Å². The Morgan fingerprint density at radius 3 is 2.22 bits per heavy atom. The monoisotopic (exact) mass is 443 g/mol. The number of rotatable bonds is 8. The fraction of sp³-hybridized carbons (Fsp3) is 0.148. The van der Waals surface area contributed by atoms with Crippen molar-refractivity contribution < 1.29 is 9.15 Å². The van der Waals surface area contributed by atoms with Gasteiger partial charge >= 0.3 is 0 Å². The zero-order valence-electron chi connectivity index (χ0n) is 18.1. The molecule has 0 spiro atoms. The summed E-state index contributed by atoms with van der Waals surface area (Å²) in [5.74, 6) is 2.80. The number of benzene rings is 3. The third-order valence-electron chi connectivity index (χ3n) is 5.22. The normalized spacial score (nSPS) is 10.7. The van der Waals surface area contributed by atoms with Crippen molar-refractivity contribution in [3.63, 3.8) is 0 Å². The highest BCUT2D eigenvalue weighted by molar-refractivity contribution is 7.98. The summed E-state index contributed by atoms with van der Waals surface area (Å²) in [7, 11) is 1.66. The average Bonchev–Trinajstić information content (AvgIpc) is 2.85. The summed E-state index contributed by atoms with van der Waals surface area (Å²) < 4.78 is 11.3. The maximum atomic E-state index is 12.4. The van der Waals surface area contributed by atoms with Gasteiger partial charge in [0.15, 0.2) is 5.43 Å². The predicted molar refractivity (Wildman–Crippen MR) is 131 cm³/mol. The third kappa shape index (κ3) is 5.42. The largest absolute Gasteiger partial charge is 0.497 e. The summed E-state index contributed by atoms with van der Waals surface area (Å²) in [6.07, 6.45) is 0. The number of thioether (sulfide) groups is 1. The lowest BCUT2D eigenvalue weighted by Gasteiger charge is -2.11. The molecule has 4 aromatic rings. The molecule has 4 rings (SSSR count). The average molecular weight is 444 g/mol. The maximum Gasteiger partial charge on any atom is 0.188 e. The molecule has 1 N–H and O–H groups in total. The van der Waals surface area contributed by atoms with Crippen molar-refractivity contribution >= 4 is 17.4 Å². The Morgan fingerprint density at radius 2 is 1.56 bits per heavy atom. The van der Waals surface area contributed by atoms with Gasteiger partial charge in [0.25, 0.3) is 0 Å². The van der Waals surface area contributed by atoms with E-state index in [1.165, 1.54) is 0 Å². The summed E-state index contributed by atoms with van der Waals surface area (Å²) in [6.45, 7) is 2.26. The van der Waals surface area contributed by atoms with E-state index in [0.29, 0.717) is 29.4 Å². The van der Waals surface area contributed by atoms with Gasteiger partial charge in [-0.1, -0.05) is 42.5 Å². The van der Waals surface area contributed by atoms with E-state index in [-0.39, 0.29) is 5.43 Å². The summed E-state index contributed by atoms with van der Waals surface area (Å²) in [5.41, 5.74) is 3.87. The van der Waals surface area contributed by atoms with Crippen LogP contribution >= 0.6 is 11.8 Å². The third-order valence-corrected chi connectivity index (χ3v) is 6.25. The predicted octanol–water partition coefficient (Wildman–Crippen LogP) is 6.53. The lowest BCUT2D eigenvalue weighted by molar-refractivity contribution is 0.415. The smallest absolute Gasteiger partial charge is 0.188 e. The molecule has 0 saturated carbocycles. The fourth-order valence-electron chi connectivity index (χ4n) is 3.31. The lowest BCUT2D eigenvalue weighted by atomic mass is 10.1. The number of hydrogen-bond donors (Lipinski definition) is 1. The zero-order valence-corrected chi connectivity index (χ0v) is 18.9. The van der Waals surface area contributed by atoms with Gasteiger partial charge in [0.1, 0.15) is 17.3 Å². The van der Waals surface area contributed by atoms with Crippen LogP contribution in [0.4, 0.5) is 5.69 Å². The molecule has 0 atom stereocenters. The minimum atomic E-state index is 0.00608. The van der Waals surface area contributed by atoms with Gasteiger partial charge in [-0.3, -0.25) is 4.79 Å². The van der Waals surface area contributed by atoms with Crippen molar-refractivity contribution in [2.24, 2.45) is 0 Å². The van der Waals surface area contributed by atoms with Gasteiger partial charge in [-0.05, 0) is 54.4 Å². The van der Waals surface area contributed by atoms with Gasteiger partial charge in [-0.15, -0.1) is 11.8 Å². The first-order valence-corrected chi connectivity index (χ1v) is 11.4. The van der Waals surface area contributed by atoms with Gasteiger partial charge in [-0.2, -0.15) is 0 Å². The van der Waals surface area contributed by atoms with Crippen LogP contribution in [0.1, 0.15) is 17.1 Å². The molecule has 0 fully saturated rings. The van der Waals surface area contributed by atoms with Crippen LogP contribution < -0.4 is 15.5 Å². The summed E-state index contributed by atoms with van der Waals surface area (Å²) in [5, 5.41) is 3.37. The molecule has 0 aliphatic heterocycles. The van der Waals surface area contributed by atoms with Crippen LogP contribution in [0.25, 0.3) is 11.1 Å². The van der Waals surface area contributed by atoms with Crippen LogP contribution in [-0.4, -0.2) is 7.11 Å². The van der Waals surface area contributed by atoms with Crippen molar-refractivity contribution in [2.45, 2.75) is 24.1 Å². The molecule has 0 amide bonds. The molecule has 0 saturated heterocycles. The van der Waals surface area contributed by atoms with E-state index in [4.69, 9.17) is 9.15 Å². The number of methoxy groups -OCH3 is 1. The Kier molecular flexibility index (Phi) is 6.97. The first-order chi connectivity index (χ1) is 15.6. The van der Waals surface area contributed by atoms with Crippen molar-refractivity contribution in [1.82, 2.24) is 0 Å². The van der Waals surface area contributed by atoms with Crippen molar-refractivity contribution in [3.8, 4) is 16.9 Å². The lowest BCUT2D eigenvalue weighted by Crippen LogP contribution is -2.12. The van der Waals surface area contributed by atoms with Crippen LogP contribution in [0.15, 0.2) is 99.0 Å². The Hall–Kier alpha value is -3.44. The van der Waals surface area contributed by atoms with E-state index in [2.05, 4.69) is 29.6 Å². The summed E-state index contributed by atoms with van der Waals surface area (Å²) in [4.78, 5) is 13.6. The minimum absolute atomic E-state index is 0.00608. The Bertz CT molecular complexity index is 1220. The molecular weight excluding hydrogens is 418 g/mol. The number of hydrogen-bond acceptors (Lipinski definition) is 5. The van der Waals surface area contributed by atoms with Gasteiger partial charge in [-0.25, -0.2) is 0 Å². The molecule has 0 aliphatic rings. The highest BCUT2D eigenvalue weighted by Gasteiger charge is 2.09. The first kappa shape index (κ1) is 21.8. The minimum Gasteiger partial charge on any atom is -0.497 e. The standard InChI is InChI=1S/C27H25NO3S/c1-19-26(29)16-24(18-32-25-6-4-3-5-7-25)31-27(19)17-28-22-12-8-20(9-13-22)21-10-14-23(30-2)15-11-21/h3-16,28H,17-18H2,1-2H3. The number of nitrogens with one attached hydrogen (secondary N) is 1. The topological polar surface area (TPSA) is 51.5 Å². The van der Waals surface area contributed by atoms with E-state index >= 15 is 0 Å². The van der Waals surface area contributed by atoms with E-state index in [1.807, 2.05) is 61.5 Å². The zero-order chi connectivity index (χ0) is 22.3. The summed E-state index contributed by atoms with van der Waals surface area (Å²) >= 11 is 1.65. The second kappa shape index (κ2) is 10.2. The van der Waals surface area contributed by atoms with Crippen LogP contribution in [0.3, 0.4) is 0 Å². The molecular formula is C27H25NO3S. The molecule has 0 aliphatic carbocycles. The molecule has 5 heteroatoms. The van der Waals surface area contributed by atoms with E-state index < -0.39 is 0 Å². The number of anilines is 1. The van der Waals surface area contributed by atoms with Crippen LogP contribution in [0.5, 0.6) is 5.75 Å². The van der Waals surface area contributed by atoms with Gasteiger partial charge in [0.05, 0.1) is 19.4 Å². The summed E-state index contributed by atoms with van der Waals surface area (Å²) in [6, 6.07) is 27.9. The van der Waals surface area contributed by atoms with Crippen molar-refractivity contribution in [2.75, 3.05) is 12.4 Å². The SMILES string of the molecule is COc1ccc(-c2ccc(NCc3oc(CSc4ccccc4)cc(=O)c3C)cc2)cc1. The molecule has 1 heterocycles. The van der Waals surface area contributed by atoms with E-state index in [0.717, 1.165) is 27.5 Å². The van der Waals surface area contributed by atoms with Gasteiger partial charge in [0.2, 0.25) is 0 Å². The second-order valence-electron chi connectivity index (χ2n) is 7.39. The van der Waals surface area contributed by atoms with Crippen molar-refractivity contribution in [3.05, 3.63) is 112 Å². The fourth-order valence-corrected chi connectivity index (χ4v) is 4.11. The second-order valence-corrected chi connectivity index (χ2v) is 8.44. The molecule has 0 bridgehead atoms. The Balaban J connectivity index is 1.42. The van der Waals surface area contributed by atoms with Crippen LogP contribution in [0, 0.1) is 6.92 Å². The number of ether oxygens (including phenoxy) is 1. The molecule has 4 nitrogen and oxygen atoms in total. The molecule has 0 unspecified atom stereocenters. The Labute approximate surface area is 192 Å². The molecule has 0 radical (unpaired) electrons. The Morgan fingerprint density at radius 1 is 0.906 bits per heavy atom. The van der Waals surface area contributed by atoms with E-state index in [9.17, 15) is 4.79 Å². The molecule has 162 valence electrons. The van der Waals surface area contributed by atoms with Crippen LogP contribution in [0.2, 0.25) is 0 Å². The van der Waals surface area contributed by atoms with Gasteiger partial charge < -0.3 is 14.5 Å². The molecule has 32 heavy (non-hydrogen) atoms. The first-order valence-electron chi connectivity index (χ1n) is 10.4. The maximum absolute atomic E-state index is 12.4. The highest BCUT2D eigenvalue weighted by atomic mass is 32.2. The van der Waals surface area contributed by atoms with Crippen LogP contribution in [-0.2, 0) is 12.3 Å². The van der Waals surface area contributed by atoms with Gasteiger partial charge in [0, 0.05) is 22.2 Å². The quantitative estimate of drug-likeness (QED) is 0.314. The van der Waals surface area contributed by atoms with E-state index in [1.54, 1.807) is 24.9 Å².